The molecule has 11 heavy (non-hydrogen) atoms. The van der Waals surface area contributed by atoms with Crippen molar-refractivity contribution < 1.29 is 0 Å². The van der Waals surface area contributed by atoms with Crippen LogP contribution < -0.4 is 0 Å². The van der Waals surface area contributed by atoms with Gasteiger partial charge in [0.2, 0.25) is 0 Å². The second kappa shape index (κ2) is 41.4. The van der Waals surface area contributed by atoms with Gasteiger partial charge in [0.25, 0.3) is 0 Å². The van der Waals surface area contributed by atoms with E-state index in [4.69, 9.17) is 15.8 Å². The summed E-state index contributed by atoms with van der Waals surface area (Å²) >= 11 is 0. The minimum atomic E-state index is 0.625. The summed E-state index contributed by atoms with van der Waals surface area (Å²) in [6, 6.07) is 5.38. The fourth-order valence-electron chi connectivity index (χ4n) is 0. The molecule has 0 saturated heterocycles. The molecule has 0 bridgehead atoms. The molecule has 0 radical (unpaired) electrons. The van der Waals surface area contributed by atoms with E-state index in [9.17, 15) is 0 Å². The predicted octanol–water partition coefficient (Wildman–Crippen LogP) is 2.15. The molecule has 3 nitrogen and oxygen atoms in total. The van der Waals surface area contributed by atoms with Gasteiger partial charge in [0.05, 0.1) is 18.2 Å². The normalized spacial score (nSPS) is 3.91. The van der Waals surface area contributed by atoms with Gasteiger partial charge in [-0.2, -0.15) is 15.8 Å². The van der Waals surface area contributed by atoms with Gasteiger partial charge >= 0.3 is 0 Å². The molecule has 0 fully saturated rings. The second-order valence-corrected chi connectivity index (χ2v) is 1.07. The highest BCUT2D eigenvalue weighted by molar-refractivity contribution is 4.93. The smallest absolute Gasteiger partial charge is 0.0905 e. The van der Waals surface area contributed by atoms with Crippen LogP contribution in [0.25, 0.3) is 0 Å². The molecule has 3 heteroatoms. The summed E-state index contributed by atoms with van der Waals surface area (Å²) < 4.78 is 0. The number of allylic oxidation sites excluding steroid dienone is 1. The minimum Gasteiger partial charge on any atom is -0.199 e. The maximum Gasteiger partial charge on any atom is 0.0905 e. The monoisotopic (exact) mass is 149 g/mol. The Hall–Kier alpha value is -1.79. The molecule has 0 N–H and O–H groups in total. The Labute approximate surface area is 67.8 Å². The van der Waals surface area contributed by atoms with Crippen molar-refractivity contribution in [3.63, 3.8) is 0 Å². The topological polar surface area (TPSA) is 71.4 Å². The first kappa shape index (κ1) is 16.1. The third-order valence-electron chi connectivity index (χ3n) is 0.249. The van der Waals surface area contributed by atoms with Crippen LogP contribution in [0.1, 0.15) is 20.3 Å². The van der Waals surface area contributed by atoms with Gasteiger partial charge in [0, 0.05) is 19.4 Å². The van der Waals surface area contributed by atoms with Crippen molar-refractivity contribution in [3.8, 4) is 18.2 Å². The lowest BCUT2D eigenvalue weighted by atomic mass is 10.6. The first-order valence-corrected chi connectivity index (χ1v) is 2.93. The van der Waals surface area contributed by atoms with E-state index in [-0.39, 0.29) is 0 Å². The van der Waals surface area contributed by atoms with Crippen LogP contribution in [0.3, 0.4) is 0 Å². The van der Waals surface area contributed by atoms with Crippen LogP contribution in [0.4, 0.5) is 0 Å². The largest absolute Gasteiger partial charge is 0.199 e. The molecule has 0 aromatic heterocycles. The Morgan fingerprint density at radius 2 is 1.55 bits per heavy atom. The van der Waals surface area contributed by atoms with E-state index in [2.05, 4.69) is 6.58 Å². The van der Waals surface area contributed by atoms with Gasteiger partial charge in [-0.15, -0.1) is 0 Å². The molecule has 0 aromatic rings. The number of nitrogens with zero attached hydrogens (tertiary/aromatic N) is 3. The molecule has 0 aliphatic rings. The fourth-order valence-corrected chi connectivity index (χ4v) is 0. The average molecular weight is 149 g/mol. The Balaban J connectivity index is -0.0000000886. The molecule has 0 heterocycles. The van der Waals surface area contributed by atoms with Crippen LogP contribution in [-0.2, 0) is 0 Å². The van der Waals surface area contributed by atoms with E-state index < -0.39 is 0 Å². The quantitative estimate of drug-likeness (QED) is 0.495. The van der Waals surface area contributed by atoms with E-state index in [0.29, 0.717) is 6.42 Å². The molecule has 0 amide bonds. The van der Waals surface area contributed by atoms with Crippen molar-refractivity contribution in [3.05, 3.63) is 12.7 Å². The van der Waals surface area contributed by atoms with Gasteiger partial charge in [0.15, 0.2) is 0 Å². The van der Waals surface area contributed by atoms with Crippen LogP contribution in [0.15, 0.2) is 12.7 Å². The van der Waals surface area contributed by atoms with Gasteiger partial charge in [-0.05, 0) is 0 Å². The fraction of sp³-hybridized carbons (Fsp3) is 0.375. The van der Waals surface area contributed by atoms with Crippen LogP contribution >= 0.6 is 0 Å². The summed E-state index contributed by atoms with van der Waals surface area (Å²) in [4.78, 5) is 0. The van der Waals surface area contributed by atoms with E-state index in [1.165, 1.54) is 13.0 Å². The van der Waals surface area contributed by atoms with Gasteiger partial charge in [0.1, 0.15) is 0 Å². The highest BCUT2D eigenvalue weighted by Gasteiger charge is 1.49. The molecule has 0 aliphatic heterocycles. The highest BCUT2D eigenvalue weighted by Crippen LogP contribution is 1.58. The predicted molar refractivity (Wildman–Crippen MR) is 43.0 cm³/mol. The van der Waals surface area contributed by atoms with Crippen LogP contribution in [0.5, 0.6) is 0 Å². The lowest BCUT2D eigenvalue weighted by Gasteiger charge is -1.47. The van der Waals surface area contributed by atoms with E-state index >= 15 is 0 Å². The third-order valence-corrected chi connectivity index (χ3v) is 0.249. The van der Waals surface area contributed by atoms with E-state index in [0.717, 1.165) is 0 Å². The Morgan fingerprint density at radius 3 is 1.55 bits per heavy atom. The zero-order chi connectivity index (χ0) is 9.54. The Bertz CT molecular complexity index is 175. The molecule has 0 aliphatic carbocycles. The zero-order valence-corrected chi connectivity index (χ0v) is 6.83. The number of hydrogen-bond acceptors (Lipinski definition) is 3. The highest BCUT2D eigenvalue weighted by atomic mass is 14.2. The van der Waals surface area contributed by atoms with Crippen molar-refractivity contribution in [2.75, 3.05) is 0 Å². The van der Waals surface area contributed by atoms with Crippen LogP contribution in [0.2, 0.25) is 0 Å². The summed E-state index contributed by atoms with van der Waals surface area (Å²) in [5, 5.41) is 22.5. The summed E-state index contributed by atoms with van der Waals surface area (Å²) in [5.41, 5.74) is 0. The van der Waals surface area contributed by atoms with Crippen LogP contribution in [-0.4, -0.2) is 0 Å². The molecule has 0 unspecified atom stereocenters. The molecule has 0 spiro atoms. The zero-order valence-electron chi connectivity index (χ0n) is 6.83. The lowest BCUT2D eigenvalue weighted by molar-refractivity contribution is 1.22. The molecule has 58 valence electrons. The van der Waals surface area contributed by atoms with Crippen molar-refractivity contribution >= 4 is 0 Å². The SMILES string of the molecule is C=CC#N.CC#N.CCC#N. The molecular weight excluding hydrogens is 138 g/mol. The van der Waals surface area contributed by atoms with Crippen LogP contribution in [0, 0.1) is 34.0 Å². The van der Waals surface area contributed by atoms with E-state index in [1.54, 1.807) is 12.1 Å². The second-order valence-electron chi connectivity index (χ2n) is 1.07. The van der Waals surface area contributed by atoms with Crippen molar-refractivity contribution in [1.29, 1.82) is 15.8 Å². The lowest BCUT2D eigenvalue weighted by Crippen LogP contribution is -1.38. The number of rotatable bonds is 0. The molecule has 0 aromatic carbocycles. The summed E-state index contributed by atoms with van der Waals surface area (Å²) in [7, 11) is 0. The Kier molecular flexibility index (Phi) is 60.6. The van der Waals surface area contributed by atoms with E-state index in [1.807, 2.05) is 13.0 Å². The average Bonchev–Trinajstić information content (AvgIpc) is 2.06. The third kappa shape index (κ3) is 7180. The first-order chi connectivity index (χ1) is 5.24. The molecule has 0 atom stereocenters. The van der Waals surface area contributed by atoms with Gasteiger partial charge in [-0.3, -0.25) is 0 Å². The maximum atomic E-state index is 7.62. The summed E-state index contributed by atoms with van der Waals surface area (Å²) in [6.07, 6.45) is 1.81. The van der Waals surface area contributed by atoms with Crippen molar-refractivity contribution in [1.82, 2.24) is 0 Å². The van der Waals surface area contributed by atoms with Gasteiger partial charge < -0.3 is 0 Å². The number of nitriles is 3. The van der Waals surface area contributed by atoms with Gasteiger partial charge in [-0.25, -0.2) is 0 Å². The molecule has 0 rings (SSSR count). The standard InChI is InChI=1S/C3H5N.C3H3N.C2H3N/c2*1-2-3-4;1-2-3/h2H2,1H3;2H,1H2;1H3. The first-order valence-electron chi connectivity index (χ1n) is 2.93. The number of hydrogen-bond donors (Lipinski definition) is 0. The molecule has 0 saturated carbocycles. The summed E-state index contributed by atoms with van der Waals surface area (Å²) in [5.74, 6) is 0. The maximum absolute atomic E-state index is 7.62. The molecular formula is C8H11N3. The van der Waals surface area contributed by atoms with Crippen molar-refractivity contribution in [2.45, 2.75) is 20.3 Å². The summed E-state index contributed by atoms with van der Waals surface area (Å²) in [6.45, 7) is 6.37. The Morgan fingerprint density at radius 1 is 1.36 bits per heavy atom. The van der Waals surface area contributed by atoms with Crippen molar-refractivity contribution in [2.24, 2.45) is 0 Å². The minimum absolute atomic E-state index is 0.625. The van der Waals surface area contributed by atoms with Gasteiger partial charge in [-0.1, -0.05) is 13.5 Å².